The third-order valence-corrected chi connectivity index (χ3v) is 5.42. The lowest BCUT2D eigenvalue weighted by molar-refractivity contribution is -0.142. The van der Waals surface area contributed by atoms with E-state index in [0.717, 1.165) is 22.6 Å². The minimum Gasteiger partial charge on any atom is -0.497 e. The second-order valence-electron chi connectivity index (χ2n) is 7.61. The Balaban J connectivity index is 1.93. The molecule has 0 spiro atoms. The first kappa shape index (κ1) is 21.8. The Bertz CT molecular complexity index is 974. The number of rotatable bonds is 6. The van der Waals surface area contributed by atoms with Crippen LogP contribution >= 0.6 is 11.6 Å². The molecule has 30 heavy (non-hydrogen) atoms. The van der Waals surface area contributed by atoms with Gasteiger partial charge in [0.15, 0.2) is 0 Å². The van der Waals surface area contributed by atoms with Crippen molar-refractivity contribution in [2.75, 3.05) is 20.7 Å². The minimum absolute atomic E-state index is 0.0488. The normalized spacial score (nSPS) is 15.9. The van der Waals surface area contributed by atoms with Crippen molar-refractivity contribution in [2.45, 2.75) is 26.3 Å². The molecule has 0 N–H and O–H groups in total. The molecule has 1 aliphatic heterocycles. The highest BCUT2D eigenvalue weighted by Gasteiger charge is 2.35. The van der Waals surface area contributed by atoms with Crippen LogP contribution in [0.25, 0.3) is 0 Å². The largest absolute Gasteiger partial charge is 0.497 e. The Hall–Kier alpha value is -2.86. The molecule has 2 aromatic rings. The first-order chi connectivity index (χ1) is 14.3. The third-order valence-electron chi connectivity index (χ3n) is 5.08. The van der Waals surface area contributed by atoms with Crippen molar-refractivity contribution in [1.82, 2.24) is 9.91 Å². The molecule has 2 aromatic carbocycles. The van der Waals surface area contributed by atoms with Crippen LogP contribution < -0.4 is 4.74 Å². The fourth-order valence-electron chi connectivity index (χ4n) is 3.50. The second kappa shape index (κ2) is 9.30. The number of likely N-dealkylation sites (N-methyl/N-ethyl adjacent to an activating group) is 1. The summed E-state index contributed by atoms with van der Waals surface area (Å²) in [5, 5.41) is 6.67. The van der Waals surface area contributed by atoms with Crippen molar-refractivity contribution < 1.29 is 14.3 Å². The zero-order chi connectivity index (χ0) is 21.8. The van der Waals surface area contributed by atoms with Gasteiger partial charge in [-0.1, -0.05) is 55.8 Å². The minimum atomic E-state index is -0.338. The molecule has 158 valence electrons. The molecule has 1 atom stereocenters. The molecular formula is C23H26ClN3O3. The van der Waals surface area contributed by atoms with E-state index in [2.05, 4.69) is 5.10 Å². The molecule has 2 amide bonds. The van der Waals surface area contributed by atoms with E-state index in [1.54, 1.807) is 20.2 Å². The highest BCUT2D eigenvalue weighted by molar-refractivity contribution is 6.31. The molecule has 0 bridgehead atoms. The van der Waals surface area contributed by atoms with E-state index >= 15 is 0 Å². The highest BCUT2D eigenvalue weighted by atomic mass is 35.5. The predicted octanol–water partition coefficient (Wildman–Crippen LogP) is 4.14. The fraction of sp³-hybridized carbons (Fsp3) is 0.348. The topological polar surface area (TPSA) is 62.2 Å². The van der Waals surface area contributed by atoms with Crippen LogP contribution in [0.15, 0.2) is 53.6 Å². The van der Waals surface area contributed by atoms with E-state index in [0.29, 0.717) is 11.4 Å². The van der Waals surface area contributed by atoms with Crippen molar-refractivity contribution in [3.8, 4) is 5.75 Å². The summed E-state index contributed by atoms with van der Waals surface area (Å²) in [4.78, 5) is 26.8. The molecule has 0 radical (unpaired) electrons. The van der Waals surface area contributed by atoms with Crippen molar-refractivity contribution in [2.24, 2.45) is 11.0 Å². The average Bonchev–Trinajstić information content (AvgIpc) is 3.18. The standard InChI is InChI=1S/C23H26ClN3O3/c1-15(2)23(29)26(3)14-22(28)27-21(18-10-5-6-11-19(18)24)13-20(25-27)16-8-7-9-17(12-16)30-4/h5-12,15,21H,13-14H2,1-4H3/t21-/m1/s1. The number of carbonyl (C=O) groups excluding carboxylic acids is 2. The van der Waals surface area contributed by atoms with Gasteiger partial charge < -0.3 is 9.64 Å². The zero-order valence-electron chi connectivity index (χ0n) is 17.6. The fourth-order valence-corrected chi connectivity index (χ4v) is 3.76. The molecule has 0 saturated carbocycles. The second-order valence-corrected chi connectivity index (χ2v) is 8.01. The first-order valence-corrected chi connectivity index (χ1v) is 10.2. The number of hydrogen-bond donors (Lipinski definition) is 0. The lowest BCUT2D eigenvalue weighted by Gasteiger charge is -2.26. The summed E-state index contributed by atoms with van der Waals surface area (Å²) in [6.45, 7) is 3.57. The lowest BCUT2D eigenvalue weighted by atomic mass is 9.98. The van der Waals surface area contributed by atoms with Gasteiger partial charge >= 0.3 is 0 Å². The van der Waals surface area contributed by atoms with Gasteiger partial charge in [-0.05, 0) is 23.8 Å². The average molecular weight is 428 g/mol. The quantitative estimate of drug-likeness (QED) is 0.696. The van der Waals surface area contributed by atoms with Gasteiger partial charge in [-0.15, -0.1) is 0 Å². The zero-order valence-corrected chi connectivity index (χ0v) is 18.4. The van der Waals surface area contributed by atoms with Crippen molar-refractivity contribution >= 4 is 29.1 Å². The summed E-state index contributed by atoms with van der Waals surface area (Å²) in [5.74, 6) is 0.191. The molecule has 0 aliphatic carbocycles. The number of nitrogens with zero attached hydrogens (tertiary/aromatic N) is 3. The Morgan fingerprint density at radius 2 is 1.97 bits per heavy atom. The van der Waals surface area contributed by atoms with Crippen LogP contribution in [0.5, 0.6) is 5.75 Å². The summed E-state index contributed by atoms with van der Waals surface area (Å²) in [7, 11) is 3.24. The predicted molar refractivity (Wildman–Crippen MR) is 118 cm³/mol. The lowest BCUT2D eigenvalue weighted by Crippen LogP contribution is -2.40. The summed E-state index contributed by atoms with van der Waals surface area (Å²) >= 11 is 6.44. The number of ether oxygens (including phenoxy) is 1. The monoisotopic (exact) mass is 427 g/mol. The number of carbonyl (C=O) groups is 2. The Kier molecular flexibility index (Phi) is 6.77. The maximum Gasteiger partial charge on any atom is 0.262 e. The van der Waals surface area contributed by atoms with Gasteiger partial charge in [-0.25, -0.2) is 5.01 Å². The number of hydrazone groups is 1. The van der Waals surface area contributed by atoms with Gasteiger partial charge in [-0.3, -0.25) is 9.59 Å². The Morgan fingerprint density at radius 1 is 1.23 bits per heavy atom. The molecule has 1 aliphatic rings. The summed E-state index contributed by atoms with van der Waals surface area (Å²) in [5.41, 5.74) is 2.48. The molecule has 7 heteroatoms. The van der Waals surface area contributed by atoms with E-state index in [9.17, 15) is 9.59 Å². The molecule has 6 nitrogen and oxygen atoms in total. The molecular weight excluding hydrogens is 402 g/mol. The van der Waals surface area contributed by atoms with Crippen molar-refractivity contribution in [1.29, 1.82) is 0 Å². The van der Waals surface area contributed by atoms with Crippen LogP contribution in [-0.4, -0.2) is 48.1 Å². The number of methoxy groups -OCH3 is 1. The maximum absolute atomic E-state index is 13.1. The van der Waals surface area contributed by atoms with Crippen molar-refractivity contribution in [3.05, 3.63) is 64.7 Å². The number of amides is 2. The maximum atomic E-state index is 13.1. The van der Waals surface area contributed by atoms with Crippen LogP contribution in [0.4, 0.5) is 0 Å². The molecule has 0 unspecified atom stereocenters. The van der Waals surface area contributed by atoms with Gasteiger partial charge in [0, 0.05) is 30.0 Å². The number of benzene rings is 2. The van der Waals surface area contributed by atoms with Gasteiger partial charge in [0.1, 0.15) is 12.3 Å². The van der Waals surface area contributed by atoms with E-state index in [-0.39, 0.29) is 30.3 Å². The van der Waals surface area contributed by atoms with Crippen LogP contribution in [0, 0.1) is 5.92 Å². The van der Waals surface area contributed by atoms with E-state index in [1.165, 1.54) is 9.91 Å². The summed E-state index contributed by atoms with van der Waals surface area (Å²) in [6.07, 6.45) is 0.518. The van der Waals surface area contributed by atoms with E-state index in [1.807, 2.05) is 56.3 Å². The van der Waals surface area contributed by atoms with Crippen LogP contribution in [0.1, 0.15) is 37.4 Å². The van der Waals surface area contributed by atoms with Crippen LogP contribution in [0.3, 0.4) is 0 Å². The Morgan fingerprint density at radius 3 is 2.63 bits per heavy atom. The SMILES string of the molecule is COc1cccc(C2=NN(C(=O)CN(C)C(=O)C(C)C)[C@@H](c3ccccc3Cl)C2)c1. The van der Waals surface area contributed by atoms with Crippen LogP contribution in [-0.2, 0) is 9.59 Å². The summed E-state index contributed by atoms with van der Waals surface area (Å²) < 4.78 is 5.32. The molecule has 3 rings (SSSR count). The Labute approximate surface area is 182 Å². The smallest absolute Gasteiger partial charge is 0.262 e. The van der Waals surface area contributed by atoms with Gasteiger partial charge in [-0.2, -0.15) is 5.10 Å². The molecule has 0 aromatic heterocycles. The number of halogens is 1. The molecule has 1 heterocycles. The van der Waals surface area contributed by atoms with Gasteiger partial charge in [0.2, 0.25) is 5.91 Å². The van der Waals surface area contributed by atoms with E-state index < -0.39 is 0 Å². The van der Waals surface area contributed by atoms with Crippen molar-refractivity contribution in [3.63, 3.8) is 0 Å². The van der Waals surface area contributed by atoms with Gasteiger partial charge in [0.05, 0.1) is 18.9 Å². The van der Waals surface area contributed by atoms with Crippen LogP contribution in [0.2, 0.25) is 5.02 Å². The summed E-state index contributed by atoms with van der Waals surface area (Å²) in [6, 6.07) is 14.7. The third kappa shape index (κ3) is 4.65. The highest BCUT2D eigenvalue weighted by Crippen LogP contribution is 2.36. The van der Waals surface area contributed by atoms with Gasteiger partial charge in [0.25, 0.3) is 5.91 Å². The molecule has 0 fully saturated rings. The number of hydrogen-bond acceptors (Lipinski definition) is 4. The van der Waals surface area contributed by atoms with E-state index in [4.69, 9.17) is 16.3 Å². The molecule has 0 saturated heterocycles. The first-order valence-electron chi connectivity index (χ1n) is 9.85.